The highest BCUT2D eigenvalue weighted by Crippen LogP contribution is 2.24. The Hall–Kier alpha value is -1.62. The van der Waals surface area contributed by atoms with Crippen LogP contribution in [0.5, 0.6) is 5.75 Å². The number of benzene rings is 1. The fourth-order valence-electron chi connectivity index (χ4n) is 1.82. The number of ether oxygens (including phenoxy) is 1. The van der Waals surface area contributed by atoms with Gasteiger partial charge in [-0.15, -0.1) is 0 Å². The van der Waals surface area contributed by atoms with E-state index in [1.807, 2.05) is 0 Å². The molecule has 27 heavy (non-hydrogen) atoms. The minimum Gasteiger partial charge on any atom is -0.506 e. The summed E-state index contributed by atoms with van der Waals surface area (Å²) in [6.45, 7) is 2.36. The standard InChI is InChI=1S/C16H22ClN3O5S2/c1-2-25-16(23)12(18)9-27-26-6-5-19-15(22)13(20-24)8-10-3-4-14(21)11(17)7-10/h3-4,7,12,21,24H,2,5-6,8-9,18H2,1H3,(H,19,22)/b20-13+/t12-/m0/s1. The largest absolute Gasteiger partial charge is 0.506 e. The van der Waals surface area contributed by atoms with Crippen molar-refractivity contribution in [2.75, 3.05) is 24.7 Å². The number of oxime groups is 1. The molecule has 1 atom stereocenters. The molecule has 1 aromatic carbocycles. The van der Waals surface area contributed by atoms with Gasteiger partial charge in [0, 0.05) is 24.5 Å². The van der Waals surface area contributed by atoms with Crippen molar-refractivity contribution < 1.29 is 24.6 Å². The van der Waals surface area contributed by atoms with E-state index in [1.165, 1.54) is 33.7 Å². The SMILES string of the molecule is CCOC(=O)[C@@H](N)CSSCCNC(=O)/C(Cc1ccc(O)c(Cl)c1)=N/O. The molecule has 5 N–H and O–H groups in total. The van der Waals surface area contributed by atoms with Crippen molar-refractivity contribution in [3.8, 4) is 5.75 Å². The van der Waals surface area contributed by atoms with Gasteiger partial charge in [-0.3, -0.25) is 9.59 Å². The topological polar surface area (TPSA) is 134 Å². The van der Waals surface area contributed by atoms with Crippen LogP contribution in [0.15, 0.2) is 23.4 Å². The van der Waals surface area contributed by atoms with E-state index in [2.05, 4.69) is 10.5 Å². The summed E-state index contributed by atoms with van der Waals surface area (Å²) in [5.41, 5.74) is 6.22. The first-order chi connectivity index (χ1) is 12.9. The summed E-state index contributed by atoms with van der Waals surface area (Å²) in [5, 5.41) is 24.3. The molecule has 0 saturated carbocycles. The number of hydrogen-bond donors (Lipinski definition) is 4. The normalized spacial score (nSPS) is 12.5. The van der Waals surface area contributed by atoms with Gasteiger partial charge in [-0.05, 0) is 24.6 Å². The molecule has 0 bridgehead atoms. The average molecular weight is 436 g/mol. The molecule has 0 fully saturated rings. The molecule has 11 heteroatoms. The van der Waals surface area contributed by atoms with E-state index in [0.29, 0.717) is 30.2 Å². The number of halogens is 1. The zero-order valence-corrected chi connectivity index (χ0v) is 17.1. The molecule has 0 aliphatic carbocycles. The molecular formula is C16H22ClN3O5S2. The van der Waals surface area contributed by atoms with Crippen LogP contribution in [0.3, 0.4) is 0 Å². The van der Waals surface area contributed by atoms with Gasteiger partial charge in [0.1, 0.15) is 17.5 Å². The predicted molar refractivity (Wildman–Crippen MR) is 109 cm³/mol. The van der Waals surface area contributed by atoms with E-state index in [0.717, 1.165) is 0 Å². The molecule has 0 saturated heterocycles. The van der Waals surface area contributed by atoms with Crippen LogP contribution < -0.4 is 11.1 Å². The lowest BCUT2D eigenvalue weighted by Crippen LogP contribution is -2.34. The van der Waals surface area contributed by atoms with E-state index in [-0.39, 0.29) is 22.9 Å². The lowest BCUT2D eigenvalue weighted by Gasteiger charge is -2.10. The molecule has 8 nitrogen and oxygen atoms in total. The van der Waals surface area contributed by atoms with E-state index >= 15 is 0 Å². The third kappa shape index (κ3) is 8.74. The highest BCUT2D eigenvalue weighted by atomic mass is 35.5. The third-order valence-corrected chi connectivity index (χ3v) is 5.90. The number of carbonyl (C=O) groups is 2. The van der Waals surface area contributed by atoms with Gasteiger partial charge >= 0.3 is 5.97 Å². The second-order valence-electron chi connectivity index (χ2n) is 5.23. The van der Waals surface area contributed by atoms with Crippen LogP contribution in [-0.4, -0.2) is 58.6 Å². The number of esters is 1. The minimum absolute atomic E-state index is 0.0652. The maximum absolute atomic E-state index is 12.1. The molecule has 0 heterocycles. The first-order valence-electron chi connectivity index (χ1n) is 8.02. The number of nitrogens with two attached hydrogens (primary N) is 1. The van der Waals surface area contributed by atoms with Crippen molar-refractivity contribution in [2.24, 2.45) is 10.9 Å². The molecule has 1 amide bonds. The van der Waals surface area contributed by atoms with Crippen molar-refractivity contribution in [1.29, 1.82) is 0 Å². The molecule has 0 spiro atoms. The first-order valence-corrected chi connectivity index (χ1v) is 10.9. The Kier molecular flexibility index (Phi) is 11.0. The Labute approximate surface area is 170 Å². The maximum atomic E-state index is 12.1. The summed E-state index contributed by atoms with van der Waals surface area (Å²) in [6.07, 6.45) is 0.0681. The van der Waals surface area contributed by atoms with Crippen molar-refractivity contribution in [2.45, 2.75) is 19.4 Å². The summed E-state index contributed by atoms with van der Waals surface area (Å²) in [6, 6.07) is 3.80. The van der Waals surface area contributed by atoms with Crippen LogP contribution in [0.4, 0.5) is 0 Å². The number of carbonyl (C=O) groups excluding carboxylic acids is 2. The number of amides is 1. The van der Waals surface area contributed by atoms with E-state index < -0.39 is 17.9 Å². The fraction of sp³-hybridized carbons (Fsp3) is 0.438. The number of phenols is 1. The van der Waals surface area contributed by atoms with Crippen LogP contribution in [-0.2, 0) is 20.7 Å². The van der Waals surface area contributed by atoms with Crippen LogP contribution in [0, 0.1) is 0 Å². The Morgan fingerprint density at radius 3 is 2.78 bits per heavy atom. The van der Waals surface area contributed by atoms with Gasteiger partial charge in [-0.25, -0.2) is 0 Å². The lowest BCUT2D eigenvalue weighted by molar-refractivity contribution is -0.144. The summed E-state index contributed by atoms with van der Waals surface area (Å²) >= 11 is 5.82. The molecule has 0 aromatic heterocycles. The Balaban J connectivity index is 2.30. The molecule has 1 rings (SSSR count). The highest BCUT2D eigenvalue weighted by molar-refractivity contribution is 8.76. The van der Waals surface area contributed by atoms with Crippen LogP contribution >= 0.6 is 33.2 Å². The van der Waals surface area contributed by atoms with Crippen LogP contribution in [0.25, 0.3) is 0 Å². The zero-order valence-electron chi connectivity index (χ0n) is 14.7. The Bertz CT molecular complexity index is 675. The Morgan fingerprint density at radius 2 is 2.15 bits per heavy atom. The molecule has 0 aliphatic heterocycles. The third-order valence-electron chi connectivity index (χ3n) is 3.16. The van der Waals surface area contributed by atoms with Crippen LogP contribution in [0.1, 0.15) is 12.5 Å². The number of nitrogens with one attached hydrogen (secondary N) is 1. The van der Waals surface area contributed by atoms with E-state index in [9.17, 15) is 14.7 Å². The van der Waals surface area contributed by atoms with Gasteiger partial charge in [-0.1, -0.05) is 44.4 Å². The van der Waals surface area contributed by atoms with Crippen molar-refractivity contribution in [3.63, 3.8) is 0 Å². The quantitative estimate of drug-likeness (QED) is 0.103. The van der Waals surface area contributed by atoms with Gasteiger partial charge in [0.25, 0.3) is 5.91 Å². The van der Waals surface area contributed by atoms with Gasteiger partial charge in [0.2, 0.25) is 0 Å². The van der Waals surface area contributed by atoms with Crippen molar-refractivity contribution in [1.82, 2.24) is 5.32 Å². The monoisotopic (exact) mass is 435 g/mol. The van der Waals surface area contributed by atoms with E-state index in [1.54, 1.807) is 13.0 Å². The number of nitrogens with zero attached hydrogens (tertiary/aromatic N) is 1. The van der Waals surface area contributed by atoms with Gasteiger partial charge in [0.15, 0.2) is 0 Å². The van der Waals surface area contributed by atoms with Crippen molar-refractivity contribution >= 4 is 50.8 Å². The molecule has 150 valence electrons. The van der Waals surface area contributed by atoms with Gasteiger partial charge in [-0.2, -0.15) is 0 Å². The second kappa shape index (κ2) is 12.7. The molecule has 0 unspecified atom stereocenters. The molecule has 0 radical (unpaired) electrons. The number of hydrogen-bond acceptors (Lipinski definition) is 9. The summed E-state index contributed by atoms with van der Waals surface area (Å²) in [4.78, 5) is 23.4. The van der Waals surface area contributed by atoms with E-state index in [4.69, 9.17) is 27.3 Å². The number of rotatable bonds is 11. The molecule has 0 aliphatic rings. The molecule has 1 aromatic rings. The van der Waals surface area contributed by atoms with Gasteiger partial charge < -0.3 is 26.1 Å². The smallest absolute Gasteiger partial charge is 0.323 e. The number of phenolic OH excluding ortho intramolecular Hbond substituents is 1. The van der Waals surface area contributed by atoms with Crippen molar-refractivity contribution in [3.05, 3.63) is 28.8 Å². The maximum Gasteiger partial charge on any atom is 0.323 e. The fourth-order valence-corrected chi connectivity index (χ4v) is 4.04. The summed E-state index contributed by atoms with van der Waals surface area (Å²) in [5.74, 6) is -0.0184. The first kappa shape index (κ1) is 23.4. The summed E-state index contributed by atoms with van der Waals surface area (Å²) < 4.78 is 4.81. The van der Waals surface area contributed by atoms with Crippen LogP contribution in [0.2, 0.25) is 5.02 Å². The predicted octanol–water partition coefficient (Wildman–Crippen LogP) is 1.81. The highest BCUT2D eigenvalue weighted by Gasteiger charge is 2.15. The van der Waals surface area contributed by atoms with Gasteiger partial charge in [0.05, 0.1) is 11.6 Å². The zero-order chi connectivity index (χ0) is 20.2. The average Bonchev–Trinajstić information content (AvgIpc) is 2.65. The lowest BCUT2D eigenvalue weighted by atomic mass is 10.1. The summed E-state index contributed by atoms with van der Waals surface area (Å²) in [7, 11) is 2.86. The molecular weight excluding hydrogens is 414 g/mol. The number of aromatic hydroxyl groups is 1. The minimum atomic E-state index is -0.678. The Morgan fingerprint density at radius 1 is 1.41 bits per heavy atom. The second-order valence-corrected chi connectivity index (χ2v) is 8.26.